The van der Waals surface area contributed by atoms with Crippen LogP contribution in [0.5, 0.6) is 0 Å². The molecule has 0 bridgehead atoms. The first-order chi connectivity index (χ1) is 17.2. The Morgan fingerprint density at radius 2 is 1.89 bits per heavy atom. The van der Waals surface area contributed by atoms with Gasteiger partial charge >= 0.3 is 12.1 Å². The normalized spacial score (nSPS) is 17.4. The largest absolute Gasteiger partial charge is 0.466 e. The predicted octanol–water partition coefficient (Wildman–Crippen LogP) is 5.55. The Morgan fingerprint density at radius 1 is 1.14 bits per heavy atom. The van der Waals surface area contributed by atoms with E-state index in [1.54, 1.807) is 0 Å². The van der Waals surface area contributed by atoms with Gasteiger partial charge in [-0.25, -0.2) is 9.79 Å². The van der Waals surface area contributed by atoms with Gasteiger partial charge in [0.15, 0.2) is 5.17 Å². The fourth-order valence-electron chi connectivity index (χ4n) is 4.15. The fraction of sp³-hybridized carbons (Fsp3) is 0.269. The van der Waals surface area contributed by atoms with Crippen LogP contribution >= 0.6 is 11.8 Å². The van der Waals surface area contributed by atoms with Crippen LogP contribution in [0, 0.1) is 0 Å². The number of alkyl halides is 3. The predicted molar refractivity (Wildman–Crippen MR) is 131 cm³/mol. The highest BCUT2D eigenvalue weighted by atomic mass is 32.2. The molecule has 1 atom stereocenters. The lowest BCUT2D eigenvalue weighted by atomic mass is 9.93. The molecule has 0 fully saturated rings. The summed E-state index contributed by atoms with van der Waals surface area (Å²) in [6, 6.07) is 13.7. The lowest BCUT2D eigenvalue weighted by Gasteiger charge is -2.36. The highest BCUT2D eigenvalue weighted by Crippen LogP contribution is 2.45. The Kier molecular flexibility index (Phi) is 7.53. The van der Waals surface area contributed by atoms with E-state index >= 15 is 0 Å². The molecular weight excluding hydrogens is 491 g/mol. The number of amidine groups is 1. The number of esters is 1. The molecule has 2 heterocycles. The number of thioether (sulfide) groups is 1. The van der Waals surface area contributed by atoms with Crippen LogP contribution in [0.1, 0.15) is 42.5 Å². The molecule has 2 aliphatic rings. The number of amides is 1. The molecule has 6 nitrogen and oxygen atoms in total. The summed E-state index contributed by atoms with van der Waals surface area (Å²) < 4.78 is 44.0. The summed E-state index contributed by atoms with van der Waals surface area (Å²) in [4.78, 5) is 32.2. The van der Waals surface area contributed by atoms with Crippen LogP contribution in [0.15, 0.2) is 82.0 Å². The van der Waals surface area contributed by atoms with Crippen LogP contribution in [-0.2, 0) is 27.0 Å². The zero-order chi connectivity index (χ0) is 25.9. The molecule has 2 aromatic carbocycles. The second kappa shape index (κ2) is 10.6. The minimum atomic E-state index is -4.45. The quantitative estimate of drug-likeness (QED) is 0.490. The highest BCUT2D eigenvalue weighted by molar-refractivity contribution is 8.16. The SMILES string of the molecule is CCC1=C(C(=O)OC)[C@@H](c2ccccc2)N2C(CC(=O)NCc3cccc(C(F)(F)F)c3)=CSC2=N1. The van der Waals surface area contributed by atoms with Crippen LogP contribution in [0.25, 0.3) is 0 Å². The topological polar surface area (TPSA) is 71.0 Å². The van der Waals surface area contributed by atoms with Gasteiger partial charge in [-0.05, 0) is 35.1 Å². The molecule has 0 radical (unpaired) electrons. The molecule has 2 aromatic rings. The highest BCUT2D eigenvalue weighted by Gasteiger charge is 2.41. The maximum atomic E-state index is 13.0. The zero-order valence-corrected chi connectivity index (χ0v) is 20.4. The average Bonchev–Trinajstić information content (AvgIpc) is 3.28. The Balaban J connectivity index is 1.56. The number of carbonyl (C=O) groups is 2. The third kappa shape index (κ3) is 5.33. The number of halogens is 3. The second-order valence-corrected chi connectivity index (χ2v) is 9.00. The molecule has 0 spiro atoms. The van der Waals surface area contributed by atoms with E-state index in [0.717, 1.165) is 17.7 Å². The van der Waals surface area contributed by atoms with Crippen molar-refractivity contribution in [3.05, 3.63) is 93.7 Å². The zero-order valence-electron chi connectivity index (χ0n) is 19.6. The lowest BCUT2D eigenvalue weighted by Crippen LogP contribution is -2.38. The number of methoxy groups -OCH3 is 1. The van der Waals surface area contributed by atoms with Crippen molar-refractivity contribution in [3.63, 3.8) is 0 Å². The molecule has 36 heavy (non-hydrogen) atoms. The van der Waals surface area contributed by atoms with E-state index in [2.05, 4.69) is 10.3 Å². The summed E-state index contributed by atoms with van der Waals surface area (Å²) in [5.41, 5.74) is 2.09. The number of fused-ring (bicyclic) bond motifs is 1. The number of rotatable bonds is 7. The minimum Gasteiger partial charge on any atom is -0.466 e. The van der Waals surface area contributed by atoms with E-state index in [-0.39, 0.29) is 18.9 Å². The molecule has 1 N–H and O–H groups in total. The smallest absolute Gasteiger partial charge is 0.416 e. The van der Waals surface area contributed by atoms with Gasteiger partial charge in [0.1, 0.15) is 0 Å². The van der Waals surface area contributed by atoms with E-state index in [4.69, 9.17) is 4.74 Å². The average molecular weight is 516 g/mol. The number of allylic oxidation sites excluding steroid dienone is 1. The van der Waals surface area contributed by atoms with Crippen molar-refractivity contribution in [1.29, 1.82) is 0 Å². The van der Waals surface area contributed by atoms with Gasteiger partial charge in [0.2, 0.25) is 5.91 Å². The molecule has 0 aliphatic carbocycles. The van der Waals surface area contributed by atoms with Crippen molar-refractivity contribution in [1.82, 2.24) is 10.2 Å². The summed E-state index contributed by atoms with van der Waals surface area (Å²) in [7, 11) is 1.32. The minimum absolute atomic E-state index is 0.0375. The second-order valence-electron chi connectivity index (χ2n) is 8.16. The van der Waals surface area contributed by atoms with Crippen molar-refractivity contribution in [3.8, 4) is 0 Å². The molecule has 10 heteroatoms. The summed E-state index contributed by atoms with van der Waals surface area (Å²) in [6.07, 6.45) is -3.97. The molecular formula is C26H24F3N3O3S. The van der Waals surface area contributed by atoms with E-state index in [1.807, 2.05) is 47.6 Å². The lowest BCUT2D eigenvalue weighted by molar-refractivity contribution is -0.138. The van der Waals surface area contributed by atoms with E-state index in [9.17, 15) is 22.8 Å². The van der Waals surface area contributed by atoms with Gasteiger partial charge in [0, 0.05) is 12.2 Å². The van der Waals surface area contributed by atoms with E-state index in [0.29, 0.717) is 34.1 Å². The van der Waals surface area contributed by atoms with Gasteiger partial charge in [-0.1, -0.05) is 61.2 Å². The molecule has 1 amide bonds. The van der Waals surface area contributed by atoms with Gasteiger partial charge in [0.25, 0.3) is 0 Å². The standard InChI is InChI=1S/C26H24F3N3O3S/c1-3-20-22(24(34)35-2)23(17-9-5-4-6-10-17)32-19(15-36-25(32)31-20)13-21(33)30-14-16-8-7-11-18(12-16)26(27,28)29/h4-12,15,23H,3,13-14H2,1-2H3,(H,30,33)/t23-/m1/s1. The number of hydrogen-bond donors (Lipinski definition) is 1. The Labute approximate surface area is 210 Å². The van der Waals surface area contributed by atoms with Crippen LogP contribution in [0.3, 0.4) is 0 Å². The van der Waals surface area contributed by atoms with E-state index in [1.165, 1.54) is 31.0 Å². The Bertz CT molecular complexity index is 1260. The molecule has 188 valence electrons. The van der Waals surface area contributed by atoms with Crippen molar-refractivity contribution in [2.24, 2.45) is 4.99 Å². The van der Waals surface area contributed by atoms with Crippen LogP contribution in [0.4, 0.5) is 13.2 Å². The first-order valence-electron chi connectivity index (χ1n) is 11.3. The van der Waals surface area contributed by atoms with Crippen molar-refractivity contribution in [2.45, 2.75) is 38.5 Å². The molecule has 0 unspecified atom stereocenters. The Hall–Kier alpha value is -3.53. The molecule has 0 aromatic heterocycles. The van der Waals surface area contributed by atoms with Crippen LogP contribution in [-0.4, -0.2) is 29.1 Å². The van der Waals surface area contributed by atoms with Gasteiger partial charge in [-0.2, -0.15) is 13.2 Å². The fourth-order valence-corrected chi connectivity index (χ4v) is 5.09. The van der Waals surface area contributed by atoms with Gasteiger partial charge in [-0.15, -0.1) is 0 Å². The first kappa shape index (κ1) is 25.6. The maximum absolute atomic E-state index is 13.0. The monoisotopic (exact) mass is 515 g/mol. The number of carbonyl (C=O) groups excluding carboxylic acids is 2. The molecule has 4 rings (SSSR count). The van der Waals surface area contributed by atoms with Gasteiger partial charge in [-0.3, -0.25) is 4.79 Å². The number of hydrogen-bond acceptors (Lipinski definition) is 6. The molecule has 0 saturated heterocycles. The van der Waals surface area contributed by atoms with Crippen molar-refractivity contribution >= 4 is 28.8 Å². The van der Waals surface area contributed by atoms with Crippen LogP contribution in [0.2, 0.25) is 0 Å². The number of ether oxygens (including phenoxy) is 1. The summed E-state index contributed by atoms with van der Waals surface area (Å²) in [6.45, 7) is 1.87. The number of aliphatic imine (C=N–C) groups is 1. The Morgan fingerprint density at radius 3 is 2.56 bits per heavy atom. The number of nitrogens with one attached hydrogen (secondary N) is 1. The van der Waals surface area contributed by atoms with Crippen molar-refractivity contribution < 1.29 is 27.5 Å². The van der Waals surface area contributed by atoms with Gasteiger partial charge in [0.05, 0.1) is 36.4 Å². The number of nitrogens with zero attached hydrogens (tertiary/aromatic N) is 2. The van der Waals surface area contributed by atoms with Crippen molar-refractivity contribution in [2.75, 3.05) is 7.11 Å². The summed E-state index contributed by atoms with van der Waals surface area (Å²) >= 11 is 1.36. The maximum Gasteiger partial charge on any atom is 0.416 e. The summed E-state index contributed by atoms with van der Waals surface area (Å²) in [5, 5.41) is 5.15. The van der Waals surface area contributed by atoms with Gasteiger partial charge < -0.3 is 15.0 Å². The molecule has 0 saturated carbocycles. The first-order valence-corrected chi connectivity index (χ1v) is 12.1. The van der Waals surface area contributed by atoms with E-state index < -0.39 is 23.8 Å². The van der Waals surface area contributed by atoms with Crippen LogP contribution < -0.4 is 5.32 Å². The molecule has 2 aliphatic heterocycles. The number of benzene rings is 2. The third-order valence-corrected chi connectivity index (χ3v) is 6.72. The third-order valence-electron chi connectivity index (χ3n) is 5.83. The summed E-state index contributed by atoms with van der Waals surface area (Å²) in [5.74, 6) is -0.856.